The fourth-order valence-corrected chi connectivity index (χ4v) is 6.67. The van der Waals surface area contributed by atoms with E-state index in [9.17, 15) is 4.79 Å². The van der Waals surface area contributed by atoms with Crippen molar-refractivity contribution >= 4 is 12.0 Å². The van der Waals surface area contributed by atoms with Gasteiger partial charge in [-0.05, 0) is 87.7 Å². The molecule has 3 aliphatic rings. The summed E-state index contributed by atoms with van der Waals surface area (Å²) in [6, 6.07) is 10.6. The number of carbonyl (C=O) groups excluding carboxylic acids is 1. The van der Waals surface area contributed by atoms with Gasteiger partial charge in [-0.3, -0.25) is 4.79 Å². The number of hydrogen-bond acceptors (Lipinski definition) is 5. The summed E-state index contributed by atoms with van der Waals surface area (Å²) < 4.78 is 17.5. The van der Waals surface area contributed by atoms with Crippen molar-refractivity contribution in [2.45, 2.75) is 62.5 Å². The molecule has 0 unspecified atom stereocenters. The number of furan rings is 1. The molecule has 2 aliphatic carbocycles. The highest BCUT2D eigenvalue weighted by atomic mass is 16.5. The largest absolute Gasteiger partial charge is 0.497 e. The molecule has 36 heavy (non-hydrogen) atoms. The van der Waals surface area contributed by atoms with Crippen molar-refractivity contribution in [1.82, 2.24) is 9.80 Å². The number of ether oxygens (including phenoxy) is 2. The van der Waals surface area contributed by atoms with Crippen LogP contribution in [0.1, 0.15) is 55.4 Å². The molecule has 3 atom stereocenters. The molecule has 1 aromatic carbocycles. The number of carbonyl (C=O) groups is 1. The average Bonchev–Trinajstić information content (AvgIpc) is 3.63. The molecular formula is C30H40N2O4. The molecule has 6 nitrogen and oxygen atoms in total. The van der Waals surface area contributed by atoms with E-state index in [4.69, 9.17) is 13.9 Å². The molecule has 2 aromatic rings. The first kappa shape index (κ1) is 25.1. The molecule has 0 N–H and O–H groups in total. The minimum absolute atomic E-state index is 0.0254. The van der Waals surface area contributed by atoms with Crippen LogP contribution in [0.15, 0.2) is 47.1 Å². The van der Waals surface area contributed by atoms with Crippen LogP contribution in [0.25, 0.3) is 6.08 Å². The Bertz CT molecular complexity index is 1110. The molecule has 3 fully saturated rings. The first-order valence-corrected chi connectivity index (χ1v) is 13.3. The van der Waals surface area contributed by atoms with Crippen molar-refractivity contribution in [3.05, 3.63) is 59.6 Å². The van der Waals surface area contributed by atoms with Crippen molar-refractivity contribution in [3.63, 3.8) is 0 Å². The second-order valence-electron chi connectivity index (χ2n) is 11.1. The Morgan fingerprint density at radius 2 is 2.06 bits per heavy atom. The van der Waals surface area contributed by atoms with Crippen molar-refractivity contribution in [2.24, 2.45) is 5.92 Å². The van der Waals surface area contributed by atoms with Gasteiger partial charge < -0.3 is 23.7 Å². The second-order valence-corrected chi connectivity index (χ2v) is 11.1. The SMILES string of the molecule is COc1cccc([C@@]23CCN(CC4CC4)C[C@@]2(OC)CC[C@@H](N(C)C(=O)/C=C/c2ccoc2C)C3)c1. The summed E-state index contributed by atoms with van der Waals surface area (Å²) >= 11 is 0. The van der Waals surface area contributed by atoms with Crippen molar-refractivity contribution < 1.29 is 18.7 Å². The van der Waals surface area contributed by atoms with Gasteiger partial charge in [0.05, 0.1) is 19.0 Å². The van der Waals surface area contributed by atoms with Crippen molar-refractivity contribution in [1.29, 1.82) is 0 Å². The number of methoxy groups -OCH3 is 2. The van der Waals surface area contributed by atoms with E-state index in [-0.39, 0.29) is 23.0 Å². The van der Waals surface area contributed by atoms with Gasteiger partial charge in [0.2, 0.25) is 5.91 Å². The van der Waals surface area contributed by atoms with Gasteiger partial charge in [0.25, 0.3) is 0 Å². The minimum Gasteiger partial charge on any atom is -0.497 e. The molecule has 1 aromatic heterocycles. The molecule has 2 saturated carbocycles. The summed E-state index contributed by atoms with van der Waals surface area (Å²) in [6.45, 7) is 5.09. The molecule has 1 saturated heterocycles. The van der Waals surface area contributed by atoms with Crippen LogP contribution in [0.2, 0.25) is 0 Å². The zero-order chi connectivity index (χ0) is 25.3. The molecule has 1 aliphatic heterocycles. The van der Waals surface area contributed by atoms with E-state index in [1.165, 1.54) is 24.9 Å². The standard InChI is InChI=1S/C30H40N2O4/c1-22-24(13-17-36-22)10-11-28(33)31(2)26-12-14-30(35-4)21-32(20-23-8-9-23)16-15-29(30,19-26)25-6-5-7-27(18-25)34-3/h5-7,10-11,13,17-18,23,26H,8-9,12,14-16,19-21H2,1-4H3/b11-10+/t26-,29+,30+/m1/s1. The Hall–Kier alpha value is -2.57. The maximum absolute atomic E-state index is 13.2. The number of likely N-dealkylation sites (tertiary alicyclic amines) is 1. The van der Waals surface area contributed by atoms with E-state index < -0.39 is 0 Å². The van der Waals surface area contributed by atoms with Crippen molar-refractivity contribution in [2.75, 3.05) is 40.9 Å². The molecular weight excluding hydrogens is 452 g/mol. The summed E-state index contributed by atoms with van der Waals surface area (Å²) in [7, 11) is 5.56. The molecule has 194 valence electrons. The van der Waals surface area contributed by atoms with E-state index >= 15 is 0 Å². The van der Waals surface area contributed by atoms with Crippen LogP contribution in [-0.2, 0) is 14.9 Å². The van der Waals surface area contributed by atoms with Crippen molar-refractivity contribution in [3.8, 4) is 5.75 Å². The van der Waals surface area contributed by atoms with E-state index in [1.807, 2.05) is 44.2 Å². The minimum atomic E-state index is -0.281. The fourth-order valence-electron chi connectivity index (χ4n) is 6.67. The number of rotatable bonds is 8. The highest BCUT2D eigenvalue weighted by Crippen LogP contribution is 2.54. The van der Waals surface area contributed by atoms with Gasteiger partial charge in [0, 0.05) is 50.3 Å². The molecule has 2 heterocycles. The quantitative estimate of drug-likeness (QED) is 0.482. The normalized spacial score (nSPS) is 28.7. The predicted octanol–water partition coefficient (Wildman–Crippen LogP) is 5.06. The predicted molar refractivity (Wildman–Crippen MR) is 141 cm³/mol. The number of fused-ring (bicyclic) bond motifs is 1. The second kappa shape index (κ2) is 10.1. The van der Waals surface area contributed by atoms with Crippen LogP contribution in [0, 0.1) is 12.8 Å². The zero-order valence-corrected chi connectivity index (χ0v) is 22.2. The third-order valence-electron chi connectivity index (χ3n) is 9.10. The Morgan fingerprint density at radius 3 is 2.75 bits per heavy atom. The van der Waals surface area contributed by atoms with E-state index in [0.717, 1.165) is 61.8 Å². The van der Waals surface area contributed by atoms with E-state index in [0.29, 0.717) is 0 Å². The van der Waals surface area contributed by atoms with Gasteiger partial charge in [-0.2, -0.15) is 0 Å². The number of aryl methyl sites for hydroxylation is 1. The number of nitrogens with zero attached hydrogens (tertiary/aromatic N) is 2. The third-order valence-corrected chi connectivity index (χ3v) is 9.10. The first-order chi connectivity index (χ1) is 17.4. The Kier molecular flexibility index (Phi) is 7.01. The van der Waals surface area contributed by atoms with Crippen LogP contribution in [0.4, 0.5) is 0 Å². The summed E-state index contributed by atoms with van der Waals surface area (Å²) in [5.41, 5.74) is 1.74. The monoisotopic (exact) mass is 492 g/mol. The van der Waals surface area contributed by atoms with E-state index in [2.05, 4.69) is 23.1 Å². The van der Waals surface area contributed by atoms with Gasteiger partial charge in [0.1, 0.15) is 11.5 Å². The van der Waals surface area contributed by atoms with E-state index in [1.54, 1.807) is 19.4 Å². The molecule has 1 amide bonds. The number of hydrogen-bond donors (Lipinski definition) is 0. The Morgan fingerprint density at radius 1 is 1.22 bits per heavy atom. The van der Waals surface area contributed by atoms with Crippen LogP contribution in [-0.4, -0.2) is 68.3 Å². The number of benzene rings is 1. The Balaban J connectivity index is 1.43. The van der Waals surface area contributed by atoms with Crippen LogP contribution < -0.4 is 4.74 Å². The summed E-state index contributed by atoms with van der Waals surface area (Å²) in [5, 5.41) is 0. The topological polar surface area (TPSA) is 55.2 Å². The number of piperidine rings is 1. The smallest absolute Gasteiger partial charge is 0.246 e. The molecule has 6 heteroatoms. The zero-order valence-electron chi connectivity index (χ0n) is 22.2. The third kappa shape index (κ3) is 4.61. The average molecular weight is 493 g/mol. The maximum atomic E-state index is 13.2. The summed E-state index contributed by atoms with van der Waals surface area (Å²) in [4.78, 5) is 17.8. The molecule has 0 spiro atoms. The van der Waals surface area contributed by atoms with Gasteiger partial charge in [0.15, 0.2) is 0 Å². The lowest BCUT2D eigenvalue weighted by atomic mass is 9.55. The maximum Gasteiger partial charge on any atom is 0.246 e. The van der Waals surface area contributed by atoms with Gasteiger partial charge in [-0.1, -0.05) is 12.1 Å². The summed E-state index contributed by atoms with van der Waals surface area (Å²) in [5.74, 6) is 2.57. The summed E-state index contributed by atoms with van der Waals surface area (Å²) in [6.07, 6.45) is 11.7. The first-order valence-electron chi connectivity index (χ1n) is 13.3. The molecule has 0 radical (unpaired) electrons. The highest BCUT2D eigenvalue weighted by molar-refractivity contribution is 5.92. The molecule has 0 bridgehead atoms. The van der Waals surface area contributed by atoms with Gasteiger partial charge in [-0.25, -0.2) is 0 Å². The fraction of sp³-hybridized carbons (Fsp3) is 0.567. The van der Waals surface area contributed by atoms with Gasteiger partial charge >= 0.3 is 0 Å². The van der Waals surface area contributed by atoms with Crippen LogP contribution in [0.5, 0.6) is 5.75 Å². The molecule has 5 rings (SSSR count). The lowest BCUT2D eigenvalue weighted by molar-refractivity contribution is -0.159. The van der Waals surface area contributed by atoms with Crippen LogP contribution in [0.3, 0.4) is 0 Å². The number of amides is 1. The lowest BCUT2D eigenvalue weighted by Gasteiger charge is -2.60. The lowest BCUT2D eigenvalue weighted by Crippen LogP contribution is -2.68. The van der Waals surface area contributed by atoms with Gasteiger partial charge in [-0.15, -0.1) is 0 Å². The van der Waals surface area contributed by atoms with Crippen LogP contribution >= 0.6 is 0 Å². The Labute approximate surface area is 215 Å². The number of likely N-dealkylation sites (N-methyl/N-ethyl adjacent to an activating group) is 1. The highest BCUT2D eigenvalue weighted by Gasteiger charge is 2.59.